The van der Waals surface area contributed by atoms with Crippen LogP contribution in [0.2, 0.25) is 0 Å². The van der Waals surface area contributed by atoms with Crippen LogP contribution in [0.4, 0.5) is 0 Å². The van der Waals surface area contributed by atoms with Crippen molar-refractivity contribution in [3.63, 3.8) is 0 Å². The molecule has 74 valence electrons. The van der Waals surface area contributed by atoms with Gasteiger partial charge in [0.2, 0.25) is 0 Å². The largest absolute Gasteiger partial charge is 0.261 e. The van der Waals surface area contributed by atoms with Crippen LogP contribution in [0, 0.1) is 6.92 Å². The molecule has 1 atom stereocenters. The van der Waals surface area contributed by atoms with Crippen LogP contribution in [0.5, 0.6) is 0 Å². The van der Waals surface area contributed by atoms with E-state index < -0.39 is 0 Å². The maximum atomic E-state index is 4.56. The van der Waals surface area contributed by atoms with E-state index in [4.69, 9.17) is 0 Å². The first-order chi connectivity index (χ1) is 7.33. The fraction of sp³-hybridized carbons (Fsp3) is 0.182. The Kier molecular flexibility index (Phi) is 1.95. The van der Waals surface area contributed by atoms with Crippen LogP contribution in [-0.2, 0) is 0 Å². The highest BCUT2D eigenvalue weighted by molar-refractivity contribution is 8.27. The average Bonchev–Trinajstić information content (AvgIpc) is 2.76. The lowest BCUT2D eigenvalue weighted by Crippen LogP contribution is -2.06. The summed E-state index contributed by atoms with van der Waals surface area (Å²) in [5, 5.41) is 9.92. The van der Waals surface area contributed by atoms with Crippen LogP contribution in [0.15, 0.2) is 39.5 Å². The number of fused-ring (bicyclic) bond motifs is 1. The Labute approximate surface area is 92.0 Å². The van der Waals surface area contributed by atoms with Gasteiger partial charge in [-0.2, -0.15) is 5.10 Å². The third kappa shape index (κ3) is 1.51. The number of aryl methyl sites for hydroxylation is 1. The van der Waals surface area contributed by atoms with E-state index >= 15 is 0 Å². The van der Waals surface area contributed by atoms with E-state index in [9.17, 15) is 0 Å². The lowest BCUT2D eigenvalue weighted by Gasteiger charge is -1.99. The van der Waals surface area contributed by atoms with E-state index in [2.05, 4.69) is 46.4 Å². The molecule has 15 heavy (non-hydrogen) atoms. The summed E-state index contributed by atoms with van der Waals surface area (Å²) >= 11 is 1.62. The Hall–Kier alpha value is -1.42. The van der Waals surface area contributed by atoms with E-state index in [1.165, 1.54) is 11.1 Å². The van der Waals surface area contributed by atoms with E-state index in [0.29, 0.717) is 0 Å². The van der Waals surface area contributed by atoms with Crippen molar-refractivity contribution in [2.45, 2.75) is 13.0 Å². The number of rotatable bonds is 1. The summed E-state index contributed by atoms with van der Waals surface area (Å²) in [4.78, 5) is 4.56. The number of benzene rings is 1. The average molecular weight is 215 g/mol. The van der Waals surface area contributed by atoms with Crippen LogP contribution < -0.4 is 0 Å². The highest BCUT2D eigenvalue weighted by Crippen LogP contribution is 2.28. The predicted octanol–water partition coefficient (Wildman–Crippen LogP) is 2.25. The lowest BCUT2D eigenvalue weighted by atomic mass is 10.1. The molecule has 0 saturated carbocycles. The van der Waals surface area contributed by atoms with Crippen molar-refractivity contribution in [2.24, 2.45) is 15.2 Å². The summed E-state index contributed by atoms with van der Waals surface area (Å²) in [6, 6.07) is 8.44. The molecule has 2 aliphatic heterocycles. The fourth-order valence-corrected chi connectivity index (χ4v) is 2.54. The van der Waals surface area contributed by atoms with E-state index in [-0.39, 0.29) is 6.04 Å². The fourth-order valence-electron chi connectivity index (χ4n) is 1.61. The predicted molar refractivity (Wildman–Crippen MR) is 65.0 cm³/mol. The van der Waals surface area contributed by atoms with Gasteiger partial charge in [-0.05, 0) is 24.8 Å². The molecule has 0 spiro atoms. The minimum absolute atomic E-state index is 0.0745. The first-order valence-electron chi connectivity index (χ1n) is 4.77. The Morgan fingerprint density at radius 1 is 1.33 bits per heavy atom. The molecule has 0 aliphatic carbocycles. The molecule has 0 amide bonds. The van der Waals surface area contributed by atoms with Crippen LogP contribution in [0.25, 0.3) is 0 Å². The van der Waals surface area contributed by atoms with Crippen LogP contribution >= 0.6 is 11.8 Å². The molecular weight excluding hydrogens is 206 g/mol. The molecule has 3 rings (SSSR count). The number of aliphatic imine (C=N–C) groups is 1. The molecule has 0 radical (unpaired) electrons. The van der Waals surface area contributed by atoms with Gasteiger partial charge in [-0.15, -0.1) is 5.10 Å². The molecule has 3 nitrogen and oxygen atoms in total. The zero-order valence-corrected chi connectivity index (χ0v) is 9.03. The number of thioether (sulfide) groups is 1. The van der Waals surface area contributed by atoms with Crippen molar-refractivity contribution in [1.29, 1.82) is 0 Å². The Bertz CT molecular complexity index is 502. The smallest absolute Gasteiger partial charge is 0.138 e. The third-order valence-electron chi connectivity index (χ3n) is 2.34. The molecule has 2 aliphatic rings. The molecule has 1 aromatic rings. The summed E-state index contributed by atoms with van der Waals surface area (Å²) in [5.74, 6) is 0. The molecule has 1 aromatic carbocycles. The monoisotopic (exact) mass is 215 g/mol. The highest BCUT2D eigenvalue weighted by atomic mass is 32.2. The zero-order chi connectivity index (χ0) is 10.3. The topological polar surface area (TPSA) is 37.1 Å². The van der Waals surface area contributed by atoms with Gasteiger partial charge in [-0.3, -0.25) is 4.99 Å². The second-order valence-electron chi connectivity index (χ2n) is 3.55. The quantitative estimate of drug-likeness (QED) is 0.708. The first kappa shape index (κ1) is 8.85. The van der Waals surface area contributed by atoms with Gasteiger partial charge in [0.05, 0.1) is 6.21 Å². The van der Waals surface area contributed by atoms with Crippen molar-refractivity contribution < 1.29 is 0 Å². The van der Waals surface area contributed by atoms with E-state index in [1.807, 2.05) is 0 Å². The number of nitrogens with zero attached hydrogens (tertiary/aromatic N) is 3. The Balaban J connectivity index is 1.97. The SMILES string of the molecule is Cc1cccc(C2=NC3C=NN=C3S2)c1. The summed E-state index contributed by atoms with van der Waals surface area (Å²) < 4.78 is 0. The van der Waals surface area contributed by atoms with Gasteiger partial charge in [-0.25, -0.2) is 0 Å². The molecule has 0 bridgehead atoms. The molecule has 0 N–H and O–H groups in total. The van der Waals surface area contributed by atoms with Gasteiger partial charge in [-0.1, -0.05) is 23.8 Å². The maximum Gasteiger partial charge on any atom is 0.138 e. The van der Waals surface area contributed by atoms with Gasteiger partial charge in [0.1, 0.15) is 16.1 Å². The van der Waals surface area contributed by atoms with Crippen LogP contribution in [-0.4, -0.2) is 22.3 Å². The van der Waals surface area contributed by atoms with Crippen molar-refractivity contribution in [3.8, 4) is 0 Å². The number of hydrogen-bond donors (Lipinski definition) is 0. The summed E-state index contributed by atoms with van der Waals surface area (Å²) in [6.45, 7) is 2.09. The van der Waals surface area contributed by atoms with E-state index in [0.717, 1.165) is 10.1 Å². The second-order valence-corrected chi connectivity index (χ2v) is 4.56. The molecule has 0 saturated heterocycles. The minimum Gasteiger partial charge on any atom is -0.261 e. The normalized spacial score (nSPS) is 22.6. The maximum absolute atomic E-state index is 4.56. The lowest BCUT2D eigenvalue weighted by molar-refractivity contribution is 1.22. The molecule has 0 aromatic heterocycles. The zero-order valence-electron chi connectivity index (χ0n) is 8.21. The van der Waals surface area contributed by atoms with Gasteiger partial charge in [0.15, 0.2) is 0 Å². The Morgan fingerprint density at radius 3 is 3.07 bits per heavy atom. The summed E-state index contributed by atoms with van der Waals surface area (Å²) in [6.07, 6.45) is 1.78. The van der Waals surface area contributed by atoms with E-state index in [1.54, 1.807) is 18.0 Å². The highest BCUT2D eigenvalue weighted by Gasteiger charge is 2.28. The van der Waals surface area contributed by atoms with Crippen LogP contribution in [0.3, 0.4) is 0 Å². The minimum atomic E-state index is 0.0745. The van der Waals surface area contributed by atoms with Gasteiger partial charge in [0.25, 0.3) is 0 Å². The second kappa shape index (κ2) is 3.31. The van der Waals surface area contributed by atoms with Gasteiger partial charge < -0.3 is 0 Å². The molecular formula is C11H9N3S. The van der Waals surface area contributed by atoms with Crippen molar-refractivity contribution >= 4 is 28.1 Å². The third-order valence-corrected chi connectivity index (χ3v) is 3.41. The van der Waals surface area contributed by atoms with Crippen molar-refractivity contribution in [3.05, 3.63) is 35.4 Å². The van der Waals surface area contributed by atoms with Crippen LogP contribution in [0.1, 0.15) is 11.1 Å². The molecule has 1 unspecified atom stereocenters. The first-order valence-corrected chi connectivity index (χ1v) is 5.58. The molecule has 0 fully saturated rings. The van der Waals surface area contributed by atoms with Gasteiger partial charge >= 0.3 is 0 Å². The van der Waals surface area contributed by atoms with Crippen molar-refractivity contribution in [2.75, 3.05) is 0 Å². The standard InChI is InChI=1S/C11H9N3S/c1-7-3-2-4-8(5-7)10-13-9-6-12-14-11(9)15-10/h2-6,9H,1H3. The number of hydrogen-bond acceptors (Lipinski definition) is 4. The summed E-state index contributed by atoms with van der Waals surface area (Å²) in [5.41, 5.74) is 2.42. The van der Waals surface area contributed by atoms with Crippen molar-refractivity contribution in [1.82, 2.24) is 0 Å². The summed E-state index contributed by atoms with van der Waals surface area (Å²) in [7, 11) is 0. The Morgan fingerprint density at radius 2 is 2.27 bits per heavy atom. The van der Waals surface area contributed by atoms with Gasteiger partial charge in [0, 0.05) is 5.56 Å². The molecule has 4 heteroatoms. The molecule has 2 heterocycles.